The molecule has 4 heteroatoms. The fraction of sp³-hybridized carbons (Fsp3) is 0.714. The number of rotatable bonds is 5. The van der Waals surface area contributed by atoms with Crippen LogP contribution in [0.5, 0.6) is 0 Å². The summed E-state index contributed by atoms with van der Waals surface area (Å²) in [6.07, 6.45) is 10.3. The van der Waals surface area contributed by atoms with Gasteiger partial charge in [0.1, 0.15) is 6.26 Å². The molecular weight excluding hydrogens is 228 g/mol. The lowest BCUT2D eigenvalue weighted by Crippen LogP contribution is -2.28. The Morgan fingerprint density at radius 2 is 2.39 bits per heavy atom. The molecular formula is C14H20N2O2. The van der Waals surface area contributed by atoms with Gasteiger partial charge in [0, 0.05) is 18.5 Å². The van der Waals surface area contributed by atoms with Gasteiger partial charge in [-0.3, -0.25) is 4.79 Å². The molecule has 0 saturated heterocycles. The number of fused-ring (bicyclic) bond motifs is 2. The molecule has 3 unspecified atom stereocenters. The normalized spacial score (nSPS) is 29.7. The molecule has 2 saturated carbocycles. The van der Waals surface area contributed by atoms with Crippen LogP contribution in [0, 0.1) is 17.8 Å². The van der Waals surface area contributed by atoms with E-state index in [0.717, 1.165) is 30.2 Å². The molecule has 1 aromatic heterocycles. The molecule has 0 radical (unpaired) electrons. The average Bonchev–Trinajstić information content (AvgIpc) is 3.04. The Balaban J connectivity index is 1.37. The predicted octanol–water partition coefficient (Wildman–Crippen LogP) is 2.16. The third kappa shape index (κ3) is 2.57. The predicted molar refractivity (Wildman–Crippen MR) is 66.8 cm³/mol. The minimum absolute atomic E-state index is 0.212. The van der Waals surface area contributed by atoms with Gasteiger partial charge in [-0.15, -0.1) is 0 Å². The van der Waals surface area contributed by atoms with Crippen LogP contribution in [0.1, 0.15) is 37.7 Å². The van der Waals surface area contributed by atoms with Gasteiger partial charge in [0.25, 0.3) is 0 Å². The van der Waals surface area contributed by atoms with Crippen molar-refractivity contribution in [2.45, 2.75) is 38.5 Å². The molecule has 98 valence electrons. The summed E-state index contributed by atoms with van der Waals surface area (Å²) in [5.41, 5.74) is 1.04. The minimum Gasteiger partial charge on any atom is -0.364 e. The number of nitrogens with zero attached hydrogens (tertiary/aromatic N) is 1. The van der Waals surface area contributed by atoms with E-state index in [1.807, 2.05) is 0 Å². The Bertz CT molecular complexity index is 402. The largest absolute Gasteiger partial charge is 0.364 e. The van der Waals surface area contributed by atoms with Crippen LogP contribution < -0.4 is 5.32 Å². The van der Waals surface area contributed by atoms with E-state index < -0.39 is 0 Å². The molecule has 0 aliphatic heterocycles. The molecule has 3 rings (SSSR count). The van der Waals surface area contributed by atoms with Gasteiger partial charge in [-0.2, -0.15) is 0 Å². The molecule has 2 aliphatic carbocycles. The SMILES string of the molecule is O=C(CC1CC2CCC1C2)NCCc1cnoc1. The highest BCUT2D eigenvalue weighted by Gasteiger charge is 2.39. The maximum atomic E-state index is 11.9. The molecule has 1 aromatic rings. The molecule has 0 aromatic carbocycles. The van der Waals surface area contributed by atoms with Crippen LogP contribution in [0.2, 0.25) is 0 Å². The van der Waals surface area contributed by atoms with Gasteiger partial charge in [0.05, 0.1) is 6.20 Å². The van der Waals surface area contributed by atoms with Crippen molar-refractivity contribution < 1.29 is 9.32 Å². The molecule has 3 atom stereocenters. The summed E-state index contributed by atoms with van der Waals surface area (Å²) in [7, 11) is 0. The summed E-state index contributed by atoms with van der Waals surface area (Å²) in [6, 6.07) is 0. The number of nitrogens with one attached hydrogen (secondary N) is 1. The van der Waals surface area contributed by atoms with Gasteiger partial charge in [-0.25, -0.2) is 0 Å². The number of hydrogen-bond acceptors (Lipinski definition) is 3. The standard InChI is InChI=1S/C14H20N2O2/c17-14(15-4-3-11-8-16-18-9-11)7-13-6-10-1-2-12(13)5-10/h8-10,12-13H,1-7H2,(H,15,17). The van der Waals surface area contributed by atoms with E-state index in [9.17, 15) is 4.79 Å². The second-order valence-corrected chi connectivity index (χ2v) is 5.77. The topological polar surface area (TPSA) is 55.1 Å². The number of amides is 1. The highest BCUT2D eigenvalue weighted by molar-refractivity contribution is 5.76. The molecule has 1 N–H and O–H groups in total. The number of carbonyl (C=O) groups excluding carboxylic acids is 1. The van der Waals surface area contributed by atoms with Crippen molar-refractivity contribution in [2.75, 3.05) is 6.54 Å². The van der Waals surface area contributed by atoms with Crippen LogP contribution >= 0.6 is 0 Å². The molecule has 18 heavy (non-hydrogen) atoms. The van der Waals surface area contributed by atoms with Crippen LogP contribution in [0.3, 0.4) is 0 Å². The van der Waals surface area contributed by atoms with Crippen LogP contribution in [0.15, 0.2) is 17.0 Å². The zero-order valence-corrected chi connectivity index (χ0v) is 10.6. The molecule has 4 nitrogen and oxygen atoms in total. The third-order valence-electron chi connectivity index (χ3n) is 4.55. The third-order valence-corrected chi connectivity index (χ3v) is 4.55. The fourth-order valence-electron chi connectivity index (χ4n) is 3.63. The molecule has 1 heterocycles. The summed E-state index contributed by atoms with van der Waals surface area (Å²) in [6.45, 7) is 0.681. The van der Waals surface area contributed by atoms with Crippen molar-refractivity contribution in [2.24, 2.45) is 17.8 Å². The second-order valence-electron chi connectivity index (χ2n) is 5.77. The minimum atomic E-state index is 0.212. The van der Waals surface area contributed by atoms with E-state index in [-0.39, 0.29) is 5.91 Å². The second kappa shape index (κ2) is 5.12. The molecule has 2 fully saturated rings. The Morgan fingerprint density at radius 1 is 1.44 bits per heavy atom. The van der Waals surface area contributed by atoms with E-state index in [1.54, 1.807) is 12.5 Å². The lowest BCUT2D eigenvalue weighted by molar-refractivity contribution is -0.122. The first-order valence-electron chi connectivity index (χ1n) is 6.96. The van der Waals surface area contributed by atoms with E-state index in [2.05, 4.69) is 10.5 Å². The Morgan fingerprint density at radius 3 is 3.06 bits per heavy atom. The monoisotopic (exact) mass is 248 g/mol. The number of carbonyl (C=O) groups is 1. The van der Waals surface area contributed by atoms with Crippen molar-refractivity contribution in [1.82, 2.24) is 10.5 Å². The average molecular weight is 248 g/mol. The molecule has 2 aliphatic rings. The highest BCUT2D eigenvalue weighted by Crippen LogP contribution is 2.49. The van der Waals surface area contributed by atoms with Crippen LogP contribution in [0.4, 0.5) is 0 Å². The van der Waals surface area contributed by atoms with Crippen molar-refractivity contribution >= 4 is 5.91 Å². The number of aromatic nitrogens is 1. The summed E-state index contributed by atoms with van der Waals surface area (Å²) in [5.74, 6) is 2.62. The molecule has 1 amide bonds. The lowest BCUT2D eigenvalue weighted by atomic mass is 9.86. The van der Waals surface area contributed by atoms with Gasteiger partial charge in [-0.05, 0) is 43.4 Å². The number of hydrogen-bond donors (Lipinski definition) is 1. The van der Waals surface area contributed by atoms with Crippen molar-refractivity contribution in [3.63, 3.8) is 0 Å². The molecule has 0 spiro atoms. The van der Waals surface area contributed by atoms with E-state index in [0.29, 0.717) is 12.5 Å². The fourth-order valence-corrected chi connectivity index (χ4v) is 3.63. The van der Waals surface area contributed by atoms with Crippen LogP contribution in [0.25, 0.3) is 0 Å². The van der Waals surface area contributed by atoms with Gasteiger partial charge in [0.15, 0.2) is 0 Å². The first-order valence-corrected chi connectivity index (χ1v) is 6.96. The highest BCUT2D eigenvalue weighted by atomic mass is 16.5. The first kappa shape index (κ1) is 11.8. The summed E-state index contributed by atoms with van der Waals surface area (Å²) < 4.78 is 4.75. The Hall–Kier alpha value is -1.32. The van der Waals surface area contributed by atoms with Gasteiger partial charge >= 0.3 is 0 Å². The van der Waals surface area contributed by atoms with Crippen molar-refractivity contribution in [3.8, 4) is 0 Å². The summed E-state index contributed by atoms with van der Waals surface area (Å²) in [5, 5.41) is 6.64. The zero-order valence-electron chi connectivity index (χ0n) is 10.6. The zero-order chi connectivity index (χ0) is 12.4. The molecule has 2 bridgehead atoms. The van der Waals surface area contributed by atoms with Crippen molar-refractivity contribution in [1.29, 1.82) is 0 Å². The smallest absolute Gasteiger partial charge is 0.220 e. The maximum absolute atomic E-state index is 11.9. The van der Waals surface area contributed by atoms with Crippen molar-refractivity contribution in [3.05, 3.63) is 18.0 Å². The van der Waals surface area contributed by atoms with E-state index in [4.69, 9.17) is 4.52 Å². The van der Waals surface area contributed by atoms with Gasteiger partial charge in [0.2, 0.25) is 5.91 Å². The van der Waals surface area contributed by atoms with Gasteiger partial charge < -0.3 is 9.84 Å². The van der Waals surface area contributed by atoms with E-state index >= 15 is 0 Å². The van der Waals surface area contributed by atoms with E-state index in [1.165, 1.54) is 25.7 Å². The quantitative estimate of drug-likeness (QED) is 0.868. The summed E-state index contributed by atoms with van der Waals surface area (Å²) >= 11 is 0. The lowest BCUT2D eigenvalue weighted by Gasteiger charge is -2.20. The first-order chi connectivity index (χ1) is 8.81. The Kier molecular flexibility index (Phi) is 3.35. The van der Waals surface area contributed by atoms with Crippen LogP contribution in [-0.4, -0.2) is 17.6 Å². The van der Waals surface area contributed by atoms with Gasteiger partial charge in [-0.1, -0.05) is 11.6 Å². The maximum Gasteiger partial charge on any atom is 0.220 e. The van der Waals surface area contributed by atoms with Crippen LogP contribution in [-0.2, 0) is 11.2 Å². The Labute approximate surface area is 107 Å². The summed E-state index contributed by atoms with van der Waals surface area (Å²) in [4.78, 5) is 11.9.